The second-order valence-electron chi connectivity index (χ2n) is 29.5. The van der Waals surface area contributed by atoms with Crippen LogP contribution in [0.25, 0.3) is 144 Å². The molecule has 14 nitrogen and oxygen atoms in total. The van der Waals surface area contributed by atoms with Gasteiger partial charge in [-0.1, -0.05) is 159 Å². The summed E-state index contributed by atoms with van der Waals surface area (Å²) in [6.07, 6.45) is 13.1. The number of nitrogens with zero attached hydrogens (tertiary/aromatic N) is 5. The number of aromatic nitrogens is 10. The van der Waals surface area contributed by atoms with E-state index in [1.807, 2.05) is 12.1 Å². The van der Waals surface area contributed by atoms with Gasteiger partial charge in [-0.2, -0.15) is 0 Å². The summed E-state index contributed by atoms with van der Waals surface area (Å²) < 4.78 is 1.20. The number of rotatable bonds is 21. The minimum Gasteiger partial charge on any atom is -0.355 e. The summed E-state index contributed by atoms with van der Waals surface area (Å²) in [7, 11) is 0. The van der Waals surface area contributed by atoms with E-state index in [1.54, 1.807) is 0 Å². The van der Waals surface area contributed by atoms with Gasteiger partial charge >= 0.3 is 0 Å². The first-order valence-corrected chi connectivity index (χ1v) is 40.6. The van der Waals surface area contributed by atoms with Gasteiger partial charge in [0.05, 0.1) is 90.2 Å². The number of hydrogen-bond acceptors (Lipinski definition) is 8. The highest BCUT2D eigenvalue weighted by molar-refractivity contribution is 6.07. The lowest BCUT2D eigenvalue weighted by Crippen LogP contribution is -2.25. The molecule has 16 bridgehead atoms. The molecule has 4 aliphatic heterocycles. The van der Waals surface area contributed by atoms with Crippen LogP contribution in [-0.2, 0) is 57.9 Å². The average Bonchev–Trinajstić information content (AvgIpc) is 1.62. The zero-order valence-corrected chi connectivity index (χ0v) is 66.6. The predicted octanol–water partition coefficient (Wildman–Crippen LogP) is 22.2. The molecule has 0 spiro atoms. The lowest BCUT2D eigenvalue weighted by atomic mass is 9.90. The molecule has 14 heteroatoms. The topological polar surface area (TPSA) is 204 Å². The molecule has 0 amide bonds. The van der Waals surface area contributed by atoms with E-state index in [0.29, 0.717) is 0 Å². The average molecular weight is 1450 g/mol. The van der Waals surface area contributed by atoms with Crippen LogP contribution in [0.4, 0.5) is 0 Å². The van der Waals surface area contributed by atoms with E-state index >= 15 is 0 Å². The fraction of sp³-hybridized carbons (Fsp3) is 0.347. The molecule has 0 fully saturated rings. The highest BCUT2D eigenvalue weighted by Crippen LogP contribution is 2.49. The molecule has 0 unspecified atom stereocenters. The summed E-state index contributed by atoms with van der Waals surface area (Å²) in [5, 5.41) is 0.436. The van der Waals surface area contributed by atoms with Gasteiger partial charge in [-0.05, 0) is 257 Å². The molecular formula is C95H102N10O4. The molecule has 0 radical (unpaired) electrons. The maximum atomic E-state index is 14.0. The van der Waals surface area contributed by atoms with Crippen molar-refractivity contribution >= 4 is 110 Å². The van der Waals surface area contributed by atoms with Gasteiger partial charge in [-0.3, -0.25) is 28.7 Å². The third-order valence-corrected chi connectivity index (χ3v) is 24.2. The van der Waals surface area contributed by atoms with E-state index in [1.165, 1.54) is 106 Å². The van der Waals surface area contributed by atoms with Gasteiger partial charge in [-0.15, -0.1) is 0 Å². The SMILES string of the molecule is CCC1=C(CC)c2cc3[nH]c(c(CC)c3CC)c(-c3ccc(-c4c5nc(cc6[nH]c(c(CC)c6CC)c(-c6ccc(Cn7c(=O)c8cc9c(=O)[nH]c(=O)c9cc8c7=O)cc6)c6nc(cc7[nH]c4c(CC)c7CC)C(CC)=C6CC)C(CC)=C5CC)cc3)c3nc(cc4[nH]c(cc1n2)c(CC)c4CC)C(CC)=C3CC. The van der Waals surface area contributed by atoms with Crippen LogP contribution in [0.3, 0.4) is 0 Å². The van der Waals surface area contributed by atoms with Crippen LogP contribution < -0.4 is 22.2 Å². The first-order valence-electron chi connectivity index (χ1n) is 40.6. The molecule has 15 rings (SSSR count). The van der Waals surface area contributed by atoms with Gasteiger partial charge in [0.15, 0.2) is 0 Å². The first kappa shape index (κ1) is 73.6. The minimum atomic E-state index is -0.578. The van der Waals surface area contributed by atoms with Crippen molar-refractivity contribution in [1.29, 1.82) is 0 Å². The van der Waals surface area contributed by atoms with Gasteiger partial charge in [0.2, 0.25) is 0 Å². The van der Waals surface area contributed by atoms with Crippen LogP contribution in [0, 0.1) is 0 Å². The lowest BCUT2D eigenvalue weighted by molar-refractivity contribution is 0.755. The molecule has 11 aromatic rings. The second-order valence-corrected chi connectivity index (χ2v) is 29.5. The quantitative estimate of drug-likeness (QED) is 0.0467. The van der Waals surface area contributed by atoms with Gasteiger partial charge < -0.3 is 19.9 Å². The Balaban J connectivity index is 0.993. The minimum absolute atomic E-state index is 0.00249. The van der Waals surface area contributed by atoms with Crippen molar-refractivity contribution < 1.29 is 0 Å². The van der Waals surface area contributed by atoms with Crippen LogP contribution in [-0.4, -0.2) is 49.4 Å². The number of nitrogens with one attached hydrogen (secondary N) is 5. The molecule has 8 aromatic heterocycles. The second kappa shape index (κ2) is 29.6. The van der Waals surface area contributed by atoms with E-state index in [9.17, 15) is 19.2 Å². The molecule has 12 heterocycles. The van der Waals surface area contributed by atoms with Crippen molar-refractivity contribution in [2.45, 2.75) is 220 Å². The van der Waals surface area contributed by atoms with E-state index in [0.717, 1.165) is 231 Å². The van der Waals surface area contributed by atoms with E-state index < -0.39 is 22.2 Å². The monoisotopic (exact) mass is 1450 g/mol. The van der Waals surface area contributed by atoms with Crippen LogP contribution >= 0.6 is 0 Å². The Kier molecular flexibility index (Phi) is 20.0. The van der Waals surface area contributed by atoms with Crippen LogP contribution in [0.5, 0.6) is 0 Å². The highest BCUT2D eigenvalue weighted by Gasteiger charge is 2.31. The maximum absolute atomic E-state index is 14.0. The molecule has 0 aliphatic carbocycles. The largest absolute Gasteiger partial charge is 0.355 e. The molecule has 3 aromatic carbocycles. The summed E-state index contributed by atoms with van der Waals surface area (Å²) in [6, 6.07) is 32.0. The van der Waals surface area contributed by atoms with Crippen molar-refractivity contribution in [3.05, 3.63) is 228 Å². The molecule has 109 heavy (non-hydrogen) atoms. The van der Waals surface area contributed by atoms with Crippen molar-refractivity contribution in [3.63, 3.8) is 0 Å². The number of fused-ring (bicyclic) bond motifs is 18. The lowest BCUT2D eigenvalue weighted by Gasteiger charge is -2.13. The van der Waals surface area contributed by atoms with Crippen LogP contribution in [0.1, 0.15) is 258 Å². The zero-order valence-electron chi connectivity index (χ0n) is 66.6. The van der Waals surface area contributed by atoms with Crippen molar-refractivity contribution in [2.75, 3.05) is 0 Å². The highest BCUT2D eigenvalue weighted by atomic mass is 16.2. The number of H-pyrrole nitrogens is 5. The predicted molar refractivity (Wildman–Crippen MR) is 457 cm³/mol. The molecule has 556 valence electrons. The van der Waals surface area contributed by atoms with E-state index in [2.05, 4.69) is 202 Å². The Morgan fingerprint density at radius 2 is 0.523 bits per heavy atom. The van der Waals surface area contributed by atoms with Gasteiger partial charge in [0, 0.05) is 44.3 Å². The zero-order chi connectivity index (χ0) is 76.7. The molecule has 4 aliphatic rings. The summed E-state index contributed by atoms with van der Waals surface area (Å²) >= 11 is 0. The molecule has 0 saturated carbocycles. The third-order valence-electron chi connectivity index (χ3n) is 24.2. The Morgan fingerprint density at radius 1 is 0.266 bits per heavy atom. The molecule has 5 N–H and O–H groups in total. The number of hydrogen-bond donors (Lipinski definition) is 5. The Bertz CT molecular complexity index is 6270. The first-order chi connectivity index (χ1) is 53.0. The van der Waals surface area contributed by atoms with Crippen LogP contribution in [0.2, 0.25) is 0 Å². The number of benzene rings is 3. The van der Waals surface area contributed by atoms with Crippen molar-refractivity contribution in [3.8, 4) is 33.4 Å². The van der Waals surface area contributed by atoms with Gasteiger partial charge in [0.1, 0.15) is 0 Å². The van der Waals surface area contributed by atoms with E-state index in [-0.39, 0.29) is 28.1 Å². The van der Waals surface area contributed by atoms with Gasteiger partial charge in [-0.25, -0.2) is 19.9 Å². The Morgan fingerprint density at radius 3 is 0.807 bits per heavy atom. The fourth-order valence-electron chi connectivity index (χ4n) is 19.2. The summed E-state index contributed by atoms with van der Waals surface area (Å²) in [6.45, 7) is 36.4. The summed E-state index contributed by atoms with van der Waals surface area (Å²) in [4.78, 5) is 95.5. The number of aryl methyl sites for hydroxylation is 8. The normalized spacial score (nSPS) is 13.4. The van der Waals surface area contributed by atoms with Crippen molar-refractivity contribution in [2.24, 2.45) is 0 Å². The smallest absolute Gasteiger partial charge is 0.261 e. The summed E-state index contributed by atoms with van der Waals surface area (Å²) in [5.41, 5.74) is 41.7. The maximum Gasteiger partial charge on any atom is 0.261 e. The van der Waals surface area contributed by atoms with E-state index in [4.69, 9.17) is 19.9 Å². The standard InChI is InChI=1S/C95H102N10O4/c1-17-53-55(19-3)75-44-77-57(21-5)63(27-11)88(98-77)84(89-64(28-12)58(22-6)78(99-89)45-76-56(20-4)54(18-2)74(97-76)43-73(53)96-75)51-37-39-52(40-38-51)85-90-67(31-15)61(25-9)81(102-90)46-79-59(23-7)65(29-13)86(100-79)83(87-66(30-14)60(24-8)80(101-87)47-82-62(26-10)68(32-16)91(85)103-82)50-35-33-49(34-36-50)48-105-94(108)71-41-69-70(42-72(71)95(105)109)93(107)104-92(69)106/h33-47,96,99-100,103H,17-32,48H2,1-16H3,(H,104,106,107). The van der Waals surface area contributed by atoms with Crippen LogP contribution in [0.15, 0.2) is 110 Å². The Hall–Kier alpha value is -10.9. The number of aromatic amines is 5. The Labute approximate surface area is 637 Å². The number of allylic oxidation sites excluding steroid dienone is 8. The molecular weight excluding hydrogens is 1350 g/mol. The third kappa shape index (κ3) is 11.8. The van der Waals surface area contributed by atoms with Gasteiger partial charge in [0.25, 0.3) is 22.2 Å². The fourth-order valence-corrected chi connectivity index (χ4v) is 19.2. The molecule has 0 saturated heterocycles. The summed E-state index contributed by atoms with van der Waals surface area (Å²) in [5.74, 6) is 0. The van der Waals surface area contributed by atoms with Crippen molar-refractivity contribution in [1.82, 2.24) is 49.4 Å². The molecule has 0 atom stereocenters.